The smallest absolute Gasteiger partial charge is 0.337 e. The van der Waals surface area contributed by atoms with Gasteiger partial charge in [-0.2, -0.15) is 23.3 Å². The lowest BCUT2D eigenvalue weighted by atomic mass is 10.0. The molecule has 3 aromatic heterocycles. The van der Waals surface area contributed by atoms with Crippen molar-refractivity contribution < 1.29 is 22.1 Å². The third kappa shape index (κ3) is 3.25. The molecule has 138 valence electrons. The number of pyridine rings is 1. The highest BCUT2D eigenvalue weighted by molar-refractivity contribution is 5.80. The number of hydrogen-bond acceptors (Lipinski definition) is 5. The normalized spacial score (nSPS) is 12.0. The largest absolute Gasteiger partial charge is 0.419 e. The van der Waals surface area contributed by atoms with Crippen LogP contribution in [0.3, 0.4) is 0 Å². The SMILES string of the molecule is Cc1noc(Cn2ncc3ncc(-c4ccc(F)c(C(F)(F)F)c4)cc32)n1. The van der Waals surface area contributed by atoms with Crippen molar-refractivity contribution >= 4 is 11.0 Å². The Balaban J connectivity index is 1.76. The predicted octanol–water partition coefficient (Wildman–Crippen LogP) is 4.00. The van der Waals surface area contributed by atoms with Crippen LogP contribution in [0.4, 0.5) is 17.6 Å². The van der Waals surface area contributed by atoms with Gasteiger partial charge in [0, 0.05) is 11.8 Å². The van der Waals surface area contributed by atoms with E-state index in [1.807, 2.05) is 0 Å². The number of aryl methyl sites for hydroxylation is 1. The zero-order valence-electron chi connectivity index (χ0n) is 13.8. The van der Waals surface area contributed by atoms with Gasteiger partial charge in [-0.05, 0) is 30.7 Å². The van der Waals surface area contributed by atoms with Gasteiger partial charge in [-0.3, -0.25) is 9.67 Å². The number of alkyl halides is 3. The molecule has 0 unspecified atom stereocenters. The lowest BCUT2D eigenvalue weighted by molar-refractivity contribution is -0.139. The minimum Gasteiger partial charge on any atom is -0.337 e. The van der Waals surface area contributed by atoms with Crippen LogP contribution in [-0.4, -0.2) is 24.9 Å². The Morgan fingerprint density at radius 1 is 1.11 bits per heavy atom. The summed E-state index contributed by atoms with van der Waals surface area (Å²) in [5.41, 5.74) is 0.389. The number of rotatable bonds is 3. The summed E-state index contributed by atoms with van der Waals surface area (Å²) in [5.74, 6) is -0.507. The van der Waals surface area contributed by atoms with Crippen molar-refractivity contribution in [3.8, 4) is 11.1 Å². The van der Waals surface area contributed by atoms with Gasteiger partial charge in [-0.1, -0.05) is 11.2 Å². The zero-order chi connectivity index (χ0) is 19.2. The topological polar surface area (TPSA) is 69.6 Å². The van der Waals surface area contributed by atoms with Gasteiger partial charge in [0.25, 0.3) is 0 Å². The molecule has 4 aromatic rings. The summed E-state index contributed by atoms with van der Waals surface area (Å²) in [5, 5.41) is 7.89. The van der Waals surface area contributed by atoms with E-state index in [1.54, 1.807) is 17.7 Å². The third-order valence-electron chi connectivity index (χ3n) is 3.95. The van der Waals surface area contributed by atoms with Gasteiger partial charge >= 0.3 is 6.18 Å². The van der Waals surface area contributed by atoms with E-state index >= 15 is 0 Å². The van der Waals surface area contributed by atoms with Crippen LogP contribution in [0.15, 0.2) is 41.2 Å². The Bertz CT molecular complexity index is 1130. The number of benzene rings is 1. The maximum Gasteiger partial charge on any atom is 0.419 e. The summed E-state index contributed by atoms with van der Waals surface area (Å²) in [6, 6.07) is 4.46. The van der Waals surface area contributed by atoms with Gasteiger partial charge in [0.2, 0.25) is 5.89 Å². The number of halogens is 4. The molecule has 3 heterocycles. The van der Waals surface area contributed by atoms with E-state index in [4.69, 9.17) is 4.52 Å². The predicted molar refractivity (Wildman–Crippen MR) is 86.1 cm³/mol. The van der Waals surface area contributed by atoms with Crippen molar-refractivity contribution in [3.63, 3.8) is 0 Å². The Morgan fingerprint density at radius 3 is 2.63 bits per heavy atom. The second-order valence-electron chi connectivity index (χ2n) is 5.86. The molecular weight excluding hydrogens is 366 g/mol. The van der Waals surface area contributed by atoms with Crippen molar-refractivity contribution in [2.45, 2.75) is 19.6 Å². The maximum atomic E-state index is 13.5. The Hall–Kier alpha value is -3.30. The van der Waals surface area contributed by atoms with Gasteiger partial charge in [0.05, 0.1) is 17.3 Å². The molecule has 0 saturated carbocycles. The summed E-state index contributed by atoms with van der Waals surface area (Å²) in [6.45, 7) is 1.87. The van der Waals surface area contributed by atoms with Crippen molar-refractivity contribution in [1.82, 2.24) is 24.9 Å². The first kappa shape index (κ1) is 17.1. The van der Waals surface area contributed by atoms with E-state index in [0.717, 1.165) is 12.1 Å². The van der Waals surface area contributed by atoms with Crippen LogP contribution in [0.2, 0.25) is 0 Å². The van der Waals surface area contributed by atoms with E-state index < -0.39 is 17.6 Å². The second-order valence-corrected chi connectivity index (χ2v) is 5.86. The van der Waals surface area contributed by atoms with Crippen LogP contribution in [0.5, 0.6) is 0 Å². The fourth-order valence-corrected chi connectivity index (χ4v) is 2.69. The highest BCUT2D eigenvalue weighted by atomic mass is 19.4. The minimum absolute atomic E-state index is 0.187. The second kappa shape index (κ2) is 6.15. The molecule has 0 aliphatic carbocycles. The Kier molecular flexibility index (Phi) is 3.90. The first-order valence-corrected chi connectivity index (χ1v) is 7.79. The maximum absolute atomic E-state index is 13.5. The molecule has 1 aromatic carbocycles. The Labute approximate surface area is 149 Å². The van der Waals surface area contributed by atoms with Crippen LogP contribution >= 0.6 is 0 Å². The summed E-state index contributed by atoms with van der Waals surface area (Å²) in [7, 11) is 0. The van der Waals surface area contributed by atoms with E-state index in [9.17, 15) is 17.6 Å². The molecule has 0 fully saturated rings. The van der Waals surface area contributed by atoms with Gasteiger partial charge < -0.3 is 4.52 Å². The summed E-state index contributed by atoms with van der Waals surface area (Å²) >= 11 is 0. The fraction of sp³-hybridized carbons (Fsp3) is 0.176. The number of aromatic nitrogens is 5. The van der Waals surface area contributed by atoms with Crippen LogP contribution in [0, 0.1) is 12.7 Å². The monoisotopic (exact) mass is 377 g/mol. The molecule has 0 saturated heterocycles. The average Bonchev–Trinajstić information content (AvgIpc) is 3.20. The van der Waals surface area contributed by atoms with Crippen LogP contribution in [0.1, 0.15) is 17.3 Å². The van der Waals surface area contributed by atoms with E-state index in [1.165, 1.54) is 18.5 Å². The lowest BCUT2D eigenvalue weighted by Crippen LogP contribution is -2.08. The van der Waals surface area contributed by atoms with Gasteiger partial charge in [-0.25, -0.2) is 4.39 Å². The zero-order valence-corrected chi connectivity index (χ0v) is 13.8. The Morgan fingerprint density at radius 2 is 1.93 bits per heavy atom. The van der Waals surface area contributed by atoms with E-state index in [-0.39, 0.29) is 12.1 Å². The van der Waals surface area contributed by atoms with Crippen molar-refractivity contribution in [2.75, 3.05) is 0 Å². The highest BCUT2D eigenvalue weighted by Crippen LogP contribution is 2.34. The molecular formula is C17H11F4N5O. The van der Waals surface area contributed by atoms with Crippen LogP contribution in [-0.2, 0) is 12.7 Å². The summed E-state index contributed by atoms with van der Waals surface area (Å²) in [6.07, 6.45) is -1.85. The highest BCUT2D eigenvalue weighted by Gasteiger charge is 2.34. The van der Waals surface area contributed by atoms with E-state index in [0.29, 0.717) is 28.3 Å². The lowest BCUT2D eigenvalue weighted by Gasteiger charge is -2.10. The van der Waals surface area contributed by atoms with Crippen LogP contribution in [0.25, 0.3) is 22.2 Å². The molecule has 0 amide bonds. The number of hydrogen-bond donors (Lipinski definition) is 0. The standard InChI is InChI=1S/C17H11F4N5O/c1-9-24-16(27-25-9)8-26-15-5-11(6-22-14(15)7-23-26)10-2-3-13(18)12(4-10)17(19,20)21/h2-7H,8H2,1H3. The summed E-state index contributed by atoms with van der Waals surface area (Å²) in [4.78, 5) is 8.31. The first-order chi connectivity index (χ1) is 12.8. The van der Waals surface area contributed by atoms with Gasteiger partial charge in [-0.15, -0.1) is 0 Å². The first-order valence-electron chi connectivity index (χ1n) is 7.79. The molecule has 0 aliphatic heterocycles. The molecule has 0 atom stereocenters. The molecule has 0 radical (unpaired) electrons. The minimum atomic E-state index is -4.78. The van der Waals surface area contributed by atoms with Crippen molar-refractivity contribution in [2.24, 2.45) is 0 Å². The molecule has 0 spiro atoms. The average molecular weight is 377 g/mol. The van der Waals surface area contributed by atoms with Crippen molar-refractivity contribution in [3.05, 3.63) is 59.8 Å². The molecule has 0 aliphatic rings. The molecule has 0 N–H and O–H groups in total. The van der Waals surface area contributed by atoms with Crippen molar-refractivity contribution in [1.29, 1.82) is 0 Å². The number of nitrogens with zero attached hydrogens (tertiary/aromatic N) is 5. The van der Waals surface area contributed by atoms with Crippen LogP contribution < -0.4 is 0 Å². The van der Waals surface area contributed by atoms with Gasteiger partial charge in [0.15, 0.2) is 5.82 Å². The summed E-state index contributed by atoms with van der Waals surface area (Å²) < 4.78 is 59.0. The van der Waals surface area contributed by atoms with Gasteiger partial charge in [0.1, 0.15) is 17.9 Å². The molecule has 27 heavy (non-hydrogen) atoms. The molecule has 4 rings (SSSR count). The third-order valence-corrected chi connectivity index (χ3v) is 3.95. The molecule has 6 nitrogen and oxygen atoms in total. The fourth-order valence-electron chi connectivity index (χ4n) is 2.69. The quantitative estimate of drug-likeness (QED) is 0.505. The molecule has 0 bridgehead atoms. The molecule has 10 heteroatoms. The number of fused-ring (bicyclic) bond motifs is 1. The van der Waals surface area contributed by atoms with E-state index in [2.05, 4.69) is 20.2 Å².